The average Bonchev–Trinajstić information content (AvgIpc) is 2.78. The Kier molecular flexibility index (Phi) is 3.53. The van der Waals surface area contributed by atoms with Crippen LogP contribution < -0.4 is 11.1 Å². The van der Waals surface area contributed by atoms with Gasteiger partial charge in [0.1, 0.15) is 6.07 Å². The topological polar surface area (TPSA) is 74.7 Å². The fourth-order valence-electron chi connectivity index (χ4n) is 2.08. The Balaban J connectivity index is 2.07. The number of benzene rings is 2. The summed E-state index contributed by atoms with van der Waals surface area (Å²) in [6.07, 6.45) is 0. The summed E-state index contributed by atoms with van der Waals surface area (Å²) in [4.78, 5) is 4.47. The lowest BCUT2D eigenvalue weighted by atomic mass is 10.1. The minimum absolute atomic E-state index is 0.562. The third kappa shape index (κ3) is 2.71. The van der Waals surface area contributed by atoms with Gasteiger partial charge in [0.25, 0.3) is 0 Å². The van der Waals surface area contributed by atoms with Crippen LogP contribution in [-0.2, 0) is 0 Å². The SMILES string of the molecule is Cc1nc2cc(Nc3cc(Br)ccc3C#N)c(N)cc2s1. The van der Waals surface area contributed by atoms with Crippen LogP contribution in [0.4, 0.5) is 17.1 Å². The predicted molar refractivity (Wildman–Crippen MR) is 90.9 cm³/mol. The second-order valence-electron chi connectivity index (χ2n) is 4.57. The zero-order valence-electron chi connectivity index (χ0n) is 11.1. The van der Waals surface area contributed by atoms with Gasteiger partial charge in [0, 0.05) is 4.47 Å². The molecule has 3 N–H and O–H groups in total. The largest absolute Gasteiger partial charge is 0.397 e. The molecule has 0 atom stereocenters. The van der Waals surface area contributed by atoms with Crippen LogP contribution in [0.3, 0.4) is 0 Å². The molecule has 0 aliphatic carbocycles. The molecule has 0 fully saturated rings. The Hall–Kier alpha value is -2.10. The molecule has 4 nitrogen and oxygen atoms in total. The number of nitrogens with one attached hydrogen (secondary N) is 1. The molecule has 3 rings (SSSR count). The maximum Gasteiger partial charge on any atom is 0.101 e. The lowest BCUT2D eigenvalue weighted by molar-refractivity contribution is 1.35. The molecule has 1 heterocycles. The van der Waals surface area contributed by atoms with Crippen LogP contribution in [0.5, 0.6) is 0 Å². The van der Waals surface area contributed by atoms with Gasteiger partial charge in [-0.3, -0.25) is 0 Å². The first-order valence-corrected chi connectivity index (χ1v) is 7.81. The van der Waals surface area contributed by atoms with Gasteiger partial charge < -0.3 is 11.1 Å². The number of hydrogen-bond acceptors (Lipinski definition) is 5. The van der Waals surface area contributed by atoms with Gasteiger partial charge in [0.05, 0.1) is 37.8 Å². The average molecular weight is 359 g/mol. The van der Waals surface area contributed by atoms with Crippen LogP contribution in [0.25, 0.3) is 10.2 Å². The van der Waals surface area contributed by atoms with E-state index in [1.165, 1.54) is 0 Å². The number of rotatable bonds is 2. The quantitative estimate of drug-likeness (QED) is 0.658. The molecule has 3 aromatic rings. The summed E-state index contributed by atoms with van der Waals surface area (Å²) >= 11 is 5.02. The van der Waals surface area contributed by atoms with Crippen LogP contribution in [0.15, 0.2) is 34.8 Å². The summed E-state index contributed by atoms with van der Waals surface area (Å²) in [5.41, 5.74) is 9.66. The monoisotopic (exact) mass is 358 g/mol. The van der Waals surface area contributed by atoms with Crippen molar-refractivity contribution in [2.45, 2.75) is 6.92 Å². The Labute approximate surface area is 134 Å². The highest BCUT2D eigenvalue weighted by molar-refractivity contribution is 9.10. The first kappa shape index (κ1) is 13.9. The third-order valence-corrected chi connectivity index (χ3v) is 4.46. The number of nitrogens with zero attached hydrogens (tertiary/aromatic N) is 2. The fraction of sp³-hybridized carbons (Fsp3) is 0.0667. The molecule has 0 saturated heterocycles. The van der Waals surface area contributed by atoms with Crippen LogP contribution in [0, 0.1) is 18.3 Å². The van der Waals surface area contributed by atoms with Gasteiger partial charge in [-0.25, -0.2) is 4.98 Å². The van der Waals surface area contributed by atoms with Crippen molar-refractivity contribution in [1.82, 2.24) is 4.98 Å². The van der Waals surface area contributed by atoms with Crippen molar-refractivity contribution >= 4 is 54.5 Å². The molecule has 0 unspecified atom stereocenters. The molecular formula is C15H11BrN4S. The Morgan fingerprint density at radius 3 is 2.86 bits per heavy atom. The van der Waals surface area contributed by atoms with E-state index in [0.717, 1.165) is 25.4 Å². The molecule has 0 bridgehead atoms. The lowest BCUT2D eigenvalue weighted by Crippen LogP contribution is -1.98. The van der Waals surface area contributed by atoms with E-state index in [4.69, 9.17) is 5.73 Å². The molecule has 2 aromatic carbocycles. The van der Waals surface area contributed by atoms with Crippen LogP contribution in [0.2, 0.25) is 0 Å². The molecule has 0 spiro atoms. The smallest absolute Gasteiger partial charge is 0.101 e. The van der Waals surface area contributed by atoms with Crippen molar-refractivity contribution in [2.24, 2.45) is 0 Å². The first-order chi connectivity index (χ1) is 10.1. The van der Waals surface area contributed by atoms with Crippen molar-refractivity contribution in [2.75, 3.05) is 11.1 Å². The summed E-state index contributed by atoms with van der Waals surface area (Å²) in [5, 5.41) is 13.4. The Bertz CT molecular complexity index is 879. The van der Waals surface area contributed by atoms with E-state index < -0.39 is 0 Å². The molecule has 0 aliphatic heterocycles. The van der Waals surface area contributed by atoms with E-state index in [9.17, 15) is 5.26 Å². The number of nitriles is 1. The molecule has 0 aliphatic rings. The number of thiazole rings is 1. The molecule has 21 heavy (non-hydrogen) atoms. The molecule has 6 heteroatoms. The first-order valence-electron chi connectivity index (χ1n) is 6.20. The van der Waals surface area contributed by atoms with E-state index >= 15 is 0 Å². The van der Waals surface area contributed by atoms with Gasteiger partial charge in [-0.2, -0.15) is 5.26 Å². The minimum atomic E-state index is 0.562. The third-order valence-electron chi connectivity index (χ3n) is 3.04. The van der Waals surface area contributed by atoms with E-state index in [2.05, 4.69) is 32.3 Å². The van der Waals surface area contributed by atoms with Crippen molar-refractivity contribution in [3.05, 3.63) is 45.4 Å². The van der Waals surface area contributed by atoms with Crippen LogP contribution in [0.1, 0.15) is 10.6 Å². The van der Waals surface area contributed by atoms with Gasteiger partial charge in [-0.05, 0) is 37.3 Å². The number of aromatic nitrogens is 1. The maximum absolute atomic E-state index is 9.18. The number of nitrogens with two attached hydrogens (primary N) is 1. The van der Waals surface area contributed by atoms with Crippen molar-refractivity contribution in [3.8, 4) is 6.07 Å². The summed E-state index contributed by atoms with van der Waals surface area (Å²) in [6.45, 7) is 1.97. The highest BCUT2D eigenvalue weighted by Gasteiger charge is 2.09. The predicted octanol–water partition coefficient (Wildman–Crippen LogP) is 4.56. The number of aryl methyl sites for hydroxylation is 1. The summed E-state index contributed by atoms with van der Waals surface area (Å²) in [7, 11) is 0. The molecule has 1 aromatic heterocycles. The van der Waals surface area contributed by atoms with Gasteiger partial charge in [-0.15, -0.1) is 11.3 Å². The Morgan fingerprint density at radius 1 is 1.29 bits per heavy atom. The van der Waals surface area contributed by atoms with Gasteiger partial charge in [0.15, 0.2) is 0 Å². The maximum atomic E-state index is 9.18. The summed E-state index contributed by atoms with van der Waals surface area (Å²) < 4.78 is 1.96. The minimum Gasteiger partial charge on any atom is -0.397 e. The number of hydrogen-bond donors (Lipinski definition) is 2. The van der Waals surface area contributed by atoms with E-state index in [1.807, 2.05) is 31.2 Å². The van der Waals surface area contributed by atoms with Gasteiger partial charge >= 0.3 is 0 Å². The van der Waals surface area contributed by atoms with Crippen molar-refractivity contribution in [3.63, 3.8) is 0 Å². The fourth-order valence-corrected chi connectivity index (χ4v) is 3.29. The standard InChI is InChI=1S/C15H11BrN4S/c1-8-19-14-6-13(11(18)5-15(14)21-8)20-12-4-10(16)3-2-9(12)7-17/h2-6,20H,18H2,1H3. The van der Waals surface area contributed by atoms with E-state index in [1.54, 1.807) is 17.4 Å². The molecular weight excluding hydrogens is 348 g/mol. The lowest BCUT2D eigenvalue weighted by Gasteiger charge is -2.11. The van der Waals surface area contributed by atoms with Crippen LogP contribution >= 0.6 is 27.3 Å². The molecule has 0 amide bonds. The van der Waals surface area contributed by atoms with E-state index in [-0.39, 0.29) is 0 Å². The number of anilines is 3. The van der Waals surface area contributed by atoms with E-state index in [0.29, 0.717) is 16.9 Å². The van der Waals surface area contributed by atoms with Crippen LogP contribution in [-0.4, -0.2) is 4.98 Å². The molecule has 0 saturated carbocycles. The highest BCUT2D eigenvalue weighted by atomic mass is 79.9. The second kappa shape index (κ2) is 5.35. The molecule has 0 radical (unpaired) electrons. The molecule has 104 valence electrons. The highest BCUT2D eigenvalue weighted by Crippen LogP contribution is 2.33. The number of halogens is 1. The summed E-state index contributed by atoms with van der Waals surface area (Å²) in [6, 6.07) is 11.4. The Morgan fingerprint density at radius 2 is 2.10 bits per heavy atom. The number of nitrogen functional groups attached to an aromatic ring is 1. The van der Waals surface area contributed by atoms with Crippen molar-refractivity contribution < 1.29 is 0 Å². The second-order valence-corrected chi connectivity index (χ2v) is 6.72. The van der Waals surface area contributed by atoms with Gasteiger partial charge in [0.2, 0.25) is 0 Å². The normalized spacial score (nSPS) is 10.5. The zero-order valence-corrected chi connectivity index (χ0v) is 13.5. The summed E-state index contributed by atoms with van der Waals surface area (Å²) in [5.74, 6) is 0. The zero-order chi connectivity index (χ0) is 15.0. The number of fused-ring (bicyclic) bond motifs is 1. The van der Waals surface area contributed by atoms with Crippen molar-refractivity contribution in [1.29, 1.82) is 5.26 Å². The van der Waals surface area contributed by atoms with Gasteiger partial charge in [-0.1, -0.05) is 15.9 Å².